The average Bonchev–Trinajstić information content (AvgIpc) is 3.22. The summed E-state index contributed by atoms with van der Waals surface area (Å²) in [6.45, 7) is 4.43. The van der Waals surface area contributed by atoms with Gasteiger partial charge in [0.2, 0.25) is 0 Å². The molecule has 0 aliphatic rings. The van der Waals surface area contributed by atoms with E-state index in [2.05, 4.69) is 104 Å². The summed E-state index contributed by atoms with van der Waals surface area (Å²) in [6.07, 6.45) is 1.91. The van der Waals surface area contributed by atoms with Crippen molar-refractivity contribution in [3.05, 3.63) is 84.6 Å². The molecule has 0 aliphatic heterocycles. The summed E-state index contributed by atoms with van der Waals surface area (Å²) in [4.78, 5) is 4.70. The van der Waals surface area contributed by atoms with Gasteiger partial charge < -0.3 is 0 Å². The molecule has 0 spiro atoms. The van der Waals surface area contributed by atoms with E-state index >= 15 is 0 Å². The van der Waals surface area contributed by atoms with Gasteiger partial charge in [0.15, 0.2) is 0 Å². The van der Waals surface area contributed by atoms with Crippen molar-refractivity contribution in [2.24, 2.45) is 0 Å². The quantitative estimate of drug-likeness (QED) is 0.178. The fourth-order valence-corrected chi connectivity index (χ4v) is 7.48. The Labute approximate surface area is 203 Å². The Kier molecular flexibility index (Phi) is 4.86. The number of furan rings is 1. The van der Waals surface area contributed by atoms with Gasteiger partial charge in [-0.1, -0.05) is 13.8 Å². The Hall–Kier alpha value is -3.11. The third-order valence-electron chi connectivity index (χ3n) is 7.06. The summed E-state index contributed by atoms with van der Waals surface area (Å²) in [5.41, 5.74) is 5.18. The Bertz CT molecular complexity index is 1720. The molecule has 0 saturated heterocycles. The zero-order valence-corrected chi connectivity index (χ0v) is 22.5. The van der Waals surface area contributed by atoms with Gasteiger partial charge in [-0.3, -0.25) is 0 Å². The van der Waals surface area contributed by atoms with Crippen LogP contribution in [0.1, 0.15) is 25.3 Å². The molecule has 0 saturated carbocycles. The number of nitrogens with zero attached hydrogens (tertiary/aromatic N) is 1. The Morgan fingerprint density at radius 2 is 1.47 bits per heavy atom. The summed E-state index contributed by atoms with van der Waals surface area (Å²) < 4.78 is 8.26. The van der Waals surface area contributed by atoms with Crippen LogP contribution in [0.25, 0.3) is 54.7 Å². The number of hydrogen-bond acceptors (Lipinski definition) is 2. The van der Waals surface area contributed by atoms with Crippen molar-refractivity contribution in [2.75, 3.05) is 0 Å². The van der Waals surface area contributed by atoms with Gasteiger partial charge >= 0.3 is 178 Å². The number of aromatic nitrogens is 1. The molecule has 0 aliphatic carbocycles. The molecular formula is C31H29GeNO. The first kappa shape index (κ1) is 21.4. The molecule has 6 aromatic rings. The van der Waals surface area contributed by atoms with Crippen molar-refractivity contribution in [1.82, 2.24) is 4.98 Å². The molecule has 2 nitrogen and oxygen atoms in total. The third-order valence-corrected chi connectivity index (χ3v) is 11.3. The van der Waals surface area contributed by atoms with Crippen molar-refractivity contribution in [3.63, 3.8) is 0 Å². The van der Waals surface area contributed by atoms with Gasteiger partial charge in [0.05, 0.1) is 0 Å². The second-order valence-corrected chi connectivity index (χ2v) is 21.4. The first-order chi connectivity index (χ1) is 16.3. The minimum absolute atomic E-state index is 0.453. The van der Waals surface area contributed by atoms with Crippen LogP contribution in [0.15, 0.2) is 83.4 Å². The maximum absolute atomic E-state index is 6.73. The van der Waals surface area contributed by atoms with E-state index in [0.29, 0.717) is 5.92 Å². The van der Waals surface area contributed by atoms with Crippen molar-refractivity contribution >= 4 is 61.1 Å². The predicted molar refractivity (Wildman–Crippen MR) is 149 cm³/mol. The number of hydrogen-bond donors (Lipinski definition) is 0. The fourth-order valence-electron chi connectivity index (χ4n) is 5.02. The van der Waals surface area contributed by atoms with Gasteiger partial charge in [0.1, 0.15) is 0 Å². The van der Waals surface area contributed by atoms with Gasteiger partial charge in [-0.15, -0.1) is 0 Å². The van der Waals surface area contributed by atoms with Gasteiger partial charge in [0, 0.05) is 0 Å². The molecule has 0 amide bonds. The zero-order chi connectivity index (χ0) is 23.6. The molecule has 0 fully saturated rings. The number of para-hydroxylation sites is 1. The zero-order valence-electron chi connectivity index (χ0n) is 20.4. The van der Waals surface area contributed by atoms with E-state index < -0.39 is 13.3 Å². The number of fused-ring (bicyclic) bond motifs is 7. The minimum atomic E-state index is -1.91. The van der Waals surface area contributed by atoms with Crippen LogP contribution in [-0.4, -0.2) is 18.3 Å². The normalized spacial score (nSPS) is 12.5. The summed E-state index contributed by atoms with van der Waals surface area (Å²) in [7, 11) is 0. The van der Waals surface area contributed by atoms with E-state index in [1.54, 1.807) is 0 Å². The molecule has 168 valence electrons. The van der Waals surface area contributed by atoms with E-state index in [9.17, 15) is 0 Å². The second kappa shape index (κ2) is 7.71. The molecule has 3 heteroatoms. The average molecular weight is 504 g/mol. The first-order valence-electron chi connectivity index (χ1n) is 12.1. The summed E-state index contributed by atoms with van der Waals surface area (Å²) in [5.74, 6) is 7.80. The Balaban J connectivity index is 1.67. The maximum atomic E-state index is 6.73. The van der Waals surface area contributed by atoms with Crippen molar-refractivity contribution in [2.45, 2.75) is 37.0 Å². The van der Waals surface area contributed by atoms with Crippen LogP contribution < -0.4 is 4.40 Å². The van der Waals surface area contributed by atoms with Gasteiger partial charge in [-0.2, -0.15) is 0 Å². The summed E-state index contributed by atoms with van der Waals surface area (Å²) >= 11 is -1.91. The Morgan fingerprint density at radius 1 is 0.735 bits per heavy atom. The van der Waals surface area contributed by atoms with E-state index in [1.165, 1.54) is 31.5 Å². The molecule has 0 atom stereocenters. The van der Waals surface area contributed by atoms with Crippen LogP contribution >= 0.6 is 0 Å². The van der Waals surface area contributed by atoms with Gasteiger partial charge in [-0.05, 0) is 12.0 Å². The molecule has 2 aromatic heterocycles. The van der Waals surface area contributed by atoms with E-state index in [0.717, 1.165) is 33.2 Å². The predicted octanol–water partition coefficient (Wildman–Crippen LogP) is 8.62. The topological polar surface area (TPSA) is 26.0 Å². The van der Waals surface area contributed by atoms with Crippen molar-refractivity contribution < 1.29 is 4.42 Å². The molecule has 0 unspecified atom stereocenters. The van der Waals surface area contributed by atoms with Crippen LogP contribution in [0.2, 0.25) is 17.3 Å². The van der Waals surface area contributed by atoms with Crippen molar-refractivity contribution in [1.29, 1.82) is 0 Å². The standard InChI is InChI=1S/C31H29GeNO/c1-19(2)21-15-16-33-28(18-21)27-8-6-7-25-26-13-11-20-9-10-22-17-23(32(3,4)5)12-14-24(22)29(20)31(26)34-30(25)27/h6-19H,1-5H3. The number of benzene rings is 4. The molecule has 6 rings (SSSR count). The van der Waals surface area contributed by atoms with Crippen LogP contribution in [0.5, 0.6) is 0 Å². The second-order valence-electron chi connectivity index (χ2n) is 10.7. The molecule has 0 N–H and O–H groups in total. The van der Waals surface area contributed by atoms with Crippen LogP contribution in [0.4, 0.5) is 0 Å². The third kappa shape index (κ3) is 3.35. The van der Waals surface area contributed by atoms with E-state index in [4.69, 9.17) is 9.40 Å². The molecule has 4 aromatic carbocycles. The first-order valence-corrected chi connectivity index (χ1v) is 19.4. The molecule has 34 heavy (non-hydrogen) atoms. The number of rotatable bonds is 3. The van der Waals surface area contributed by atoms with E-state index in [-0.39, 0.29) is 0 Å². The monoisotopic (exact) mass is 505 g/mol. The Morgan fingerprint density at radius 3 is 2.26 bits per heavy atom. The number of pyridine rings is 1. The SMILES string of the molecule is CC(C)c1ccnc(-c2cccc3c2oc2c3ccc3ccc4c[c]([Ge]([CH3])([CH3])[CH3])ccc4c32)c1. The van der Waals surface area contributed by atoms with E-state index in [1.807, 2.05) is 6.20 Å². The van der Waals surface area contributed by atoms with Gasteiger partial charge in [-0.25, -0.2) is 0 Å². The van der Waals surface area contributed by atoms with Crippen LogP contribution in [-0.2, 0) is 0 Å². The van der Waals surface area contributed by atoms with Crippen LogP contribution in [0.3, 0.4) is 0 Å². The molecule has 2 heterocycles. The van der Waals surface area contributed by atoms with Crippen molar-refractivity contribution in [3.8, 4) is 11.3 Å². The fraction of sp³-hybridized carbons (Fsp3) is 0.194. The molecule has 0 bridgehead atoms. The van der Waals surface area contributed by atoms with Gasteiger partial charge in [0.25, 0.3) is 0 Å². The summed E-state index contributed by atoms with van der Waals surface area (Å²) in [6, 6.07) is 26.7. The molecule has 0 radical (unpaired) electrons. The van der Waals surface area contributed by atoms with Crippen LogP contribution in [0, 0.1) is 0 Å². The molecular weight excluding hydrogens is 475 g/mol. The summed E-state index contributed by atoms with van der Waals surface area (Å²) in [5, 5.41) is 7.28.